The summed E-state index contributed by atoms with van der Waals surface area (Å²) in [7, 11) is 0. The molecule has 0 unspecified atom stereocenters. The van der Waals surface area contributed by atoms with E-state index in [9.17, 15) is 10.2 Å². The first-order valence-corrected chi connectivity index (χ1v) is 12.0. The molecule has 172 valence electrons. The lowest BCUT2D eigenvalue weighted by Crippen LogP contribution is -2.38. The molecular formula is C27H32N4O2. The van der Waals surface area contributed by atoms with Crippen molar-refractivity contribution in [2.45, 2.75) is 64.3 Å². The second kappa shape index (κ2) is 9.49. The maximum atomic E-state index is 10.6. The van der Waals surface area contributed by atoms with E-state index in [-0.39, 0.29) is 17.9 Å². The molecule has 2 aliphatic rings. The highest BCUT2D eigenvalue weighted by atomic mass is 16.3. The van der Waals surface area contributed by atoms with Crippen molar-refractivity contribution in [3.8, 4) is 17.0 Å². The second-order valence-electron chi connectivity index (χ2n) is 9.42. The van der Waals surface area contributed by atoms with Gasteiger partial charge in [0, 0.05) is 30.8 Å². The maximum Gasteiger partial charge on any atom is 0.153 e. The third-order valence-electron chi connectivity index (χ3n) is 6.95. The summed E-state index contributed by atoms with van der Waals surface area (Å²) in [6.07, 6.45) is 4.41. The SMILES string of the molecule is Cc1ccc(-c2nnc(N[C@@H]3CCCC[C@H]3O)c3c2CCN(Cc2ccccc2)C3)c(O)c1. The molecule has 0 amide bonds. The lowest BCUT2D eigenvalue weighted by atomic mass is 9.91. The van der Waals surface area contributed by atoms with Crippen LogP contribution < -0.4 is 5.32 Å². The highest BCUT2D eigenvalue weighted by Crippen LogP contribution is 2.37. The minimum absolute atomic E-state index is 0.000257. The number of hydrogen-bond acceptors (Lipinski definition) is 6. The van der Waals surface area contributed by atoms with Gasteiger partial charge in [-0.1, -0.05) is 49.2 Å². The number of nitrogens with one attached hydrogen (secondary N) is 1. The van der Waals surface area contributed by atoms with Crippen molar-refractivity contribution >= 4 is 5.82 Å². The monoisotopic (exact) mass is 444 g/mol. The van der Waals surface area contributed by atoms with Gasteiger partial charge in [0.1, 0.15) is 11.4 Å². The summed E-state index contributed by atoms with van der Waals surface area (Å²) >= 11 is 0. The van der Waals surface area contributed by atoms with E-state index in [1.165, 1.54) is 5.56 Å². The van der Waals surface area contributed by atoms with Crippen molar-refractivity contribution in [2.24, 2.45) is 0 Å². The zero-order valence-electron chi connectivity index (χ0n) is 19.2. The van der Waals surface area contributed by atoms with Crippen LogP contribution in [0.3, 0.4) is 0 Å². The van der Waals surface area contributed by atoms with Crippen LogP contribution >= 0.6 is 0 Å². The third-order valence-corrected chi connectivity index (χ3v) is 6.95. The molecule has 1 fully saturated rings. The third kappa shape index (κ3) is 4.72. The van der Waals surface area contributed by atoms with Crippen molar-refractivity contribution in [2.75, 3.05) is 11.9 Å². The Kier molecular flexibility index (Phi) is 6.29. The smallest absolute Gasteiger partial charge is 0.153 e. The predicted octanol–water partition coefficient (Wildman–Crippen LogP) is 4.43. The van der Waals surface area contributed by atoms with Gasteiger partial charge in [-0.25, -0.2) is 0 Å². The summed E-state index contributed by atoms with van der Waals surface area (Å²) in [6.45, 7) is 4.51. The summed E-state index contributed by atoms with van der Waals surface area (Å²) < 4.78 is 0. The first-order chi connectivity index (χ1) is 16.1. The van der Waals surface area contributed by atoms with E-state index in [0.29, 0.717) is 0 Å². The van der Waals surface area contributed by atoms with Crippen molar-refractivity contribution in [1.29, 1.82) is 0 Å². The number of rotatable bonds is 5. The quantitative estimate of drug-likeness (QED) is 0.540. The number of phenols is 1. The molecule has 0 bridgehead atoms. The van der Waals surface area contributed by atoms with E-state index in [0.717, 1.165) is 85.5 Å². The highest BCUT2D eigenvalue weighted by Gasteiger charge is 2.29. The highest BCUT2D eigenvalue weighted by molar-refractivity contribution is 5.73. The molecule has 6 nitrogen and oxygen atoms in total. The van der Waals surface area contributed by atoms with Gasteiger partial charge in [-0.15, -0.1) is 10.2 Å². The Morgan fingerprint density at radius 3 is 2.64 bits per heavy atom. The standard InChI is InChI=1S/C27H32N4O2/c1-18-11-12-21(25(33)15-18)26-20-13-14-31(16-19-7-3-2-4-8-19)17-22(20)27(30-29-26)28-23-9-5-6-10-24(23)32/h2-4,7-8,11-12,15,23-24,32-33H,5-6,9-10,13-14,16-17H2,1H3,(H,28,30)/t23-,24-/m1/s1. The van der Waals surface area contributed by atoms with Crippen LogP contribution in [0.4, 0.5) is 5.82 Å². The van der Waals surface area contributed by atoms with Gasteiger partial charge < -0.3 is 15.5 Å². The Balaban J connectivity index is 1.50. The lowest BCUT2D eigenvalue weighted by Gasteiger charge is -2.33. The molecule has 1 aliphatic heterocycles. The zero-order valence-corrected chi connectivity index (χ0v) is 19.2. The number of anilines is 1. The van der Waals surface area contributed by atoms with Gasteiger partial charge in [-0.2, -0.15) is 0 Å². The molecule has 1 aromatic heterocycles. The van der Waals surface area contributed by atoms with E-state index in [1.807, 2.05) is 25.1 Å². The minimum Gasteiger partial charge on any atom is -0.507 e. The lowest BCUT2D eigenvalue weighted by molar-refractivity contribution is 0.116. The Morgan fingerprint density at radius 1 is 1.03 bits per heavy atom. The summed E-state index contributed by atoms with van der Waals surface area (Å²) in [5, 5.41) is 33.9. The molecule has 3 aromatic rings. The van der Waals surface area contributed by atoms with Crippen LogP contribution in [-0.4, -0.2) is 44.0 Å². The fourth-order valence-corrected chi connectivity index (χ4v) is 5.12. The summed E-state index contributed by atoms with van der Waals surface area (Å²) in [5.41, 5.74) is 6.05. The number of aromatic nitrogens is 2. The normalized spacial score (nSPS) is 20.9. The van der Waals surface area contributed by atoms with Crippen molar-refractivity contribution in [3.63, 3.8) is 0 Å². The second-order valence-corrected chi connectivity index (χ2v) is 9.42. The average molecular weight is 445 g/mol. The molecule has 2 atom stereocenters. The van der Waals surface area contributed by atoms with Gasteiger partial charge in [0.2, 0.25) is 0 Å². The Bertz CT molecular complexity index is 1120. The number of aliphatic hydroxyl groups excluding tert-OH is 1. The van der Waals surface area contributed by atoms with Crippen LogP contribution in [0.5, 0.6) is 5.75 Å². The van der Waals surface area contributed by atoms with Crippen LogP contribution in [0.2, 0.25) is 0 Å². The maximum absolute atomic E-state index is 10.6. The summed E-state index contributed by atoms with van der Waals surface area (Å²) in [4.78, 5) is 2.43. The van der Waals surface area contributed by atoms with Gasteiger partial charge in [0.05, 0.1) is 12.1 Å². The first-order valence-electron chi connectivity index (χ1n) is 12.0. The molecule has 1 saturated carbocycles. The summed E-state index contributed by atoms with van der Waals surface area (Å²) in [6, 6.07) is 16.2. The topological polar surface area (TPSA) is 81.5 Å². The summed E-state index contributed by atoms with van der Waals surface area (Å²) in [5.74, 6) is 1.01. The molecule has 5 rings (SSSR count). The van der Waals surface area contributed by atoms with Crippen molar-refractivity contribution in [1.82, 2.24) is 15.1 Å². The predicted molar refractivity (Wildman–Crippen MR) is 130 cm³/mol. The number of phenolic OH excluding ortho intramolecular Hbond substituents is 1. The number of hydrogen-bond donors (Lipinski definition) is 3. The van der Waals surface area contributed by atoms with E-state index in [2.05, 4.69) is 44.7 Å². The van der Waals surface area contributed by atoms with Crippen LogP contribution in [0.1, 0.15) is 47.9 Å². The molecular weight excluding hydrogens is 412 g/mol. The van der Waals surface area contributed by atoms with Gasteiger partial charge in [0.25, 0.3) is 0 Å². The number of aliphatic hydroxyl groups is 1. The molecule has 2 aromatic carbocycles. The van der Waals surface area contributed by atoms with E-state index < -0.39 is 0 Å². The van der Waals surface area contributed by atoms with Gasteiger partial charge in [-0.3, -0.25) is 4.90 Å². The molecule has 0 spiro atoms. The Hall–Kier alpha value is -2.96. The molecule has 33 heavy (non-hydrogen) atoms. The van der Waals surface area contributed by atoms with Gasteiger partial charge in [-0.05, 0) is 55.0 Å². The average Bonchev–Trinajstić information content (AvgIpc) is 2.82. The molecule has 1 aliphatic carbocycles. The zero-order chi connectivity index (χ0) is 22.8. The van der Waals surface area contributed by atoms with Crippen molar-refractivity contribution in [3.05, 3.63) is 70.8 Å². The fraction of sp³-hybridized carbons (Fsp3) is 0.407. The molecule has 0 radical (unpaired) electrons. The van der Waals surface area contributed by atoms with Crippen molar-refractivity contribution < 1.29 is 10.2 Å². The van der Waals surface area contributed by atoms with Crippen LogP contribution in [0, 0.1) is 6.92 Å². The number of aromatic hydroxyl groups is 1. The number of benzene rings is 2. The van der Waals surface area contributed by atoms with Crippen LogP contribution in [-0.2, 0) is 19.5 Å². The van der Waals surface area contributed by atoms with Crippen LogP contribution in [0.15, 0.2) is 48.5 Å². The molecule has 6 heteroatoms. The van der Waals surface area contributed by atoms with Gasteiger partial charge in [0.15, 0.2) is 5.82 Å². The van der Waals surface area contributed by atoms with Gasteiger partial charge >= 0.3 is 0 Å². The first kappa shape index (κ1) is 21.9. The van der Waals surface area contributed by atoms with Crippen LogP contribution in [0.25, 0.3) is 11.3 Å². The molecule has 0 saturated heterocycles. The Labute approximate surface area is 195 Å². The fourth-order valence-electron chi connectivity index (χ4n) is 5.12. The van der Waals surface area contributed by atoms with E-state index in [1.54, 1.807) is 6.07 Å². The Morgan fingerprint density at radius 2 is 1.85 bits per heavy atom. The number of nitrogens with zero attached hydrogens (tertiary/aromatic N) is 3. The van der Waals surface area contributed by atoms with E-state index in [4.69, 9.17) is 0 Å². The largest absolute Gasteiger partial charge is 0.507 e. The minimum atomic E-state index is -0.360. The molecule has 2 heterocycles. The molecule has 3 N–H and O–H groups in total. The number of fused-ring (bicyclic) bond motifs is 1. The van der Waals surface area contributed by atoms with E-state index >= 15 is 0 Å². The number of aryl methyl sites for hydroxylation is 1.